The minimum absolute atomic E-state index is 0.00280. The molecule has 2 aliphatic heterocycles. The largest absolute Gasteiger partial charge is 0.506 e. The van der Waals surface area contributed by atoms with Crippen molar-refractivity contribution in [3.8, 4) is 5.75 Å². The third-order valence-electron chi connectivity index (χ3n) is 4.91. The summed E-state index contributed by atoms with van der Waals surface area (Å²) in [6.07, 6.45) is 3.45. The summed E-state index contributed by atoms with van der Waals surface area (Å²) in [5, 5.41) is 9.67. The minimum Gasteiger partial charge on any atom is -0.506 e. The lowest BCUT2D eigenvalue weighted by Gasteiger charge is -2.46. The van der Waals surface area contributed by atoms with E-state index in [2.05, 4.69) is 11.9 Å². The van der Waals surface area contributed by atoms with Crippen molar-refractivity contribution in [3.05, 3.63) is 23.8 Å². The smallest absolute Gasteiger partial charge is 0.254 e. The first-order valence-corrected chi connectivity index (χ1v) is 7.64. The number of amides is 1. The summed E-state index contributed by atoms with van der Waals surface area (Å²) < 4.78 is 0. The van der Waals surface area contributed by atoms with E-state index < -0.39 is 0 Å². The van der Waals surface area contributed by atoms with Crippen LogP contribution in [-0.2, 0) is 0 Å². The molecule has 2 unspecified atom stereocenters. The Morgan fingerprint density at radius 3 is 2.90 bits per heavy atom. The number of carbonyl (C=O) groups excluding carboxylic acids is 1. The van der Waals surface area contributed by atoms with Gasteiger partial charge in [0, 0.05) is 24.7 Å². The van der Waals surface area contributed by atoms with E-state index in [0.717, 1.165) is 19.5 Å². The number of phenolic OH excluding ortho intramolecular Hbond substituents is 1. The Labute approximate surface area is 125 Å². The predicted molar refractivity (Wildman–Crippen MR) is 82.2 cm³/mol. The Morgan fingerprint density at radius 2 is 2.14 bits per heavy atom. The van der Waals surface area contributed by atoms with E-state index in [1.165, 1.54) is 25.5 Å². The number of aromatic hydroxyl groups is 1. The number of piperidine rings is 2. The molecule has 2 aliphatic rings. The topological polar surface area (TPSA) is 69.8 Å². The molecule has 3 N–H and O–H groups in total. The summed E-state index contributed by atoms with van der Waals surface area (Å²) in [6, 6.07) is 5.36. The average Bonchev–Trinajstić information content (AvgIpc) is 2.49. The first-order chi connectivity index (χ1) is 10.1. The molecule has 2 fully saturated rings. The summed E-state index contributed by atoms with van der Waals surface area (Å²) in [4.78, 5) is 16.9. The maximum absolute atomic E-state index is 12.6. The highest BCUT2D eigenvalue weighted by Gasteiger charge is 2.35. The van der Waals surface area contributed by atoms with E-state index >= 15 is 0 Å². The van der Waals surface area contributed by atoms with Crippen LogP contribution in [0.4, 0.5) is 5.69 Å². The number of nitrogens with zero attached hydrogens (tertiary/aromatic N) is 2. The molecule has 2 atom stereocenters. The van der Waals surface area contributed by atoms with Crippen LogP contribution in [0.5, 0.6) is 5.75 Å². The van der Waals surface area contributed by atoms with Gasteiger partial charge in [0.2, 0.25) is 0 Å². The number of nitrogen functional groups attached to an aromatic ring is 1. The van der Waals surface area contributed by atoms with Crippen LogP contribution in [0.2, 0.25) is 0 Å². The zero-order valence-electron chi connectivity index (χ0n) is 12.5. The summed E-state index contributed by atoms with van der Waals surface area (Å²) in [5.41, 5.74) is 6.41. The standard InChI is InChI=1S/C16H23N3O2/c1-18-7-2-3-12-10-19(8-6-14(12)18)16(21)11-4-5-13(17)15(20)9-11/h4-5,9,12,14,20H,2-3,6-8,10,17H2,1H3. The van der Waals surface area contributed by atoms with E-state index in [9.17, 15) is 9.90 Å². The molecule has 1 amide bonds. The Morgan fingerprint density at radius 1 is 1.33 bits per heavy atom. The van der Waals surface area contributed by atoms with Crippen molar-refractivity contribution >= 4 is 11.6 Å². The van der Waals surface area contributed by atoms with Crippen LogP contribution >= 0.6 is 0 Å². The molecule has 5 heteroatoms. The summed E-state index contributed by atoms with van der Waals surface area (Å²) in [6.45, 7) is 2.77. The molecule has 1 aromatic rings. The lowest BCUT2D eigenvalue weighted by atomic mass is 9.84. The van der Waals surface area contributed by atoms with E-state index in [1.807, 2.05) is 4.90 Å². The van der Waals surface area contributed by atoms with Gasteiger partial charge >= 0.3 is 0 Å². The van der Waals surface area contributed by atoms with Gasteiger partial charge in [-0.05, 0) is 57.0 Å². The molecule has 3 rings (SSSR count). The second-order valence-electron chi connectivity index (χ2n) is 6.26. The molecule has 0 radical (unpaired) electrons. The van der Waals surface area contributed by atoms with Gasteiger partial charge in [0.1, 0.15) is 5.75 Å². The van der Waals surface area contributed by atoms with Gasteiger partial charge in [0.05, 0.1) is 5.69 Å². The monoisotopic (exact) mass is 289 g/mol. The Hall–Kier alpha value is -1.75. The van der Waals surface area contributed by atoms with Gasteiger partial charge in [-0.15, -0.1) is 0 Å². The zero-order chi connectivity index (χ0) is 15.0. The number of hydrogen-bond acceptors (Lipinski definition) is 4. The van der Waals surface area contributed by atoms with Gasteiger partial charge in [-0.3, -0.25) is 4.79 Å². The molecular formula is C16H23N3O2. The molecule has 114 valence electrons. The Kier molecular flexibility index (Phi) is 3.76. The molecule has 2 heterocycles. The quantitative estimate of drug-likeness (QED) is 0.607. The summed E-state index contributed by atoms with van der Waals surface area (Å²) in [5.74, 6) is 0.550. The molecule has 1 aromatic carbocycles. The molecule has 0 spiro atoms. The number of hydrogen-bond donors (Lipinski definition) is 2. The highest BCUT2D eigenvalue weighted by atomic mass is 16.3. The Bertz CT molecular complexity index is 546. The van der Waals surface area contributed by atoms with Gasteiger partial charge in [-0.2, -0.15) is 0 Å². The highest BCUT2D eigenvalue weighted by molar-refractivity contribution is 5.95. The van der Waals surface area contributed by atoms with Gasteiger partial charge in [0.25, 0.3) is 5.91 Å². The van der Waals surface area contributed by atoms with E-state index in [-0.39, 0.29) is 11.7 Å². The van der Waals surface area contributed by atoms with Crippen molar-refractivity contribution in [3.63, 3.8) is 0 Å². The fourth-order valence-corrected chi connectivity index (χ4v) is 3.70. The van der Waals surface area contributed by atoms with Crippen LogP contribution in [0.1, 0.15) is 29.6 Å². The number of likely N-dealkylation sites (tertiary alicyclic amines) is 2. The predicted octanol–water partition coefficient (Wildman–Crippen LogP) is 1.53. The maximum Gasteiger partial charge on any atom is 0.254 e. The fourth-order valence-electron chi connectivity index (χ4n) is 3.70. The molecular weight excluding hydrogens is 266 g/mol. The van der Waals surface area contributed by atoms with Crippen LogP contribution < -0.4 is 5.73 Å². The van der Waals surface area contributed by atoms with E-state index in [1.54, 1.807) is 12.1 Å². The van der Waals surface area contributed by atoms with Gasteiger partial charge in [-0.1, -0.05) is 0 Å². The van der Waals surface area contributed by atoms with Crippen molar-refractivity contribution in [2.75, 3.05) is 32.4 Å². The number of fused-ring (bicyclic) bond motifs is 1. The maximum atomic E-state index is 12.6. The van der Waals surface area contributed by atoms with Crippen molar-refractivity contribution in [2.24, 2.45) is 5.92 Å². The summed E-state index contributed by atoms with van der Waals surface area (Å²) >= 11 is 0. The number of carbonyl (C=O) groups is 1. The molecule has 0 saturated carbocycles. The molecule has 0 aromatic heterocycles. The number of phenols is 1. The molecule has 0 bridgehead atoms. The number of anilines is 1. The first-order valence-electron chi connectivity index (χ1n) is 7.64. The van der Waals surface area contributed by atoms with Crippen LogP contribution in [0.15, 0.2) is 18.2 Å². The van der Waals surface area contributed by atoms with Gasteiger partial charge in [0.15, 0.2) is 0 Å². The third-order valence-corrected chi connectivity index (χ3v) is 4.91. The van der Waals surface area contributed by atoms with Crippen molar-refractivity contribution in [1.82, 2.24) is 9.80 Å². The number of rotatable bonds is 1. The molecule has 5 nitrogen and oxygen atoms in total. The highest BCUT2D eigenvalue weighted by Crippen LogP contribution is 2.30. The fraction of sp³-hybridized carbons (Fsp3) is 0.562. The van der Waals surface area contributed by atoms with E-state index in [0.29, 0.717) is 23.2 Å². The van der Waals surface area contributed by atoms with Gasteiger partial charge < -0.3 is 20.6 Å². The van der Waals surface area contributed by atoms with Gasteiger partial charge in [-0.25, -0.2) is 0 Å². The number of benzene rings is 1. The van der Waals surface area contributed by atoms with Crippen molar-refractivity contribution in [2.45, 2.75) is 25.3 Å². The zero-order valence-corrected chi connectivity index (χ0v) is 12.5. The normalized spacial score (nSPS) is 26.4. The first kappa shape index (κ1) is 14.2. The molecule has 21 heavy (non-hydrogen) atoms. The van der Waals surface area contributed by atoms with Crippen LogP contribution in [0, 0.1) is 5.92 Å². The van der Waals surface area contributed by atoms with Crippen molar-refractivity contribution in [1.29, 1.82) is 0 Å². The second-order valence-corrected chi connectivity index (χ2v) is 6.26. The number of nitrogens with two attached hydrogens (primary N) is 1. The average molecular weight is 289 g/mol. The van der Waals surface area contributed by atoms with Crippen LogP contribution in [0.25, 0.3) is 0 Å². The SMILES string of the molecule is CN1CCCC2CN(C(=O)c3ccc(N)c(O)c3)CCC21. The minimum atomic E-state index is -0.0202. The molecule has 2 saturated heterocycles. The third kappa shape index (κ3) is 2.70. The second kappa shape index (κ2) is 5.56. The Balaban J connectivity index is 1.72. The lowest BCUT2D eigenvalue weighted by molar-refractivity contribution is 0.0316. The molecule has 0 aliphatic carbocycles. The van der Waals surface area contributed by atoms with Crippen LogP contribution in [0.3, 0.4) is 0 Å². The van der Waals surface area contributed by atoms with Crippen LogP contribution in [-0.4, -0.2) is 53.5 Å². The summed E-state index contributed by atoms with van der Waals surface area (Å²) in [7, 11) is 2.19. The lowest BCUT2D eigenvalue weighted by Crippen LogP contribution is -2.53. The van der Waals surface area contributed by atoms with E-state index in [4.69, 9.17) is 5.73 Å². The van der Waals surface area contributed by atoms with Crippen molar-refractivity contribution < 1.29 is 9.90 Å².